The molecular weight excluding hydrogens is 336 g/mol. The summed E-state index contributed by atoms with van der Waals surface area (Å²) in [6.45, 7) is 4.07. The number of nitrogens with zero attached hydrogens (tertiary/aromatic N) is 3. The quantitative estimate of drug-likeness (QED) is 0.651. The lowest BCUT2D eigenvalue weighted by Gasteiger charge is -2.33. The molecule has 1 N–H and O–H groups in total. The second kappa shape index (κ2) is 8.23. The van der Waals surface area contributed by atoms with Gasteiger partial charge in [-0.05, 0) is 64.3 Å². The summed E-state index contributed by atoms with van der Waals surface area (Å²) >= 11 is 7.44. The number of para-hydroxylation sites is 1. The Hall–Kier alpha value is -1.24. The molecule has 0 saturated carbocycles. The molecule has 1 aromatic heterocycles. The van der Waals surface area contributed by atoms with Gasteiger partial charge < -0.3 is 15.1 Å². The van der Waals surface area contributed by atoms with E-state index < -0.39 is 0 Å². The molecule has 1 aromatic carbocycles. The summed E-state index contributed by atoms with van der Waals surface area (Å²) in [4.78, 5) is 9.38. The molecule has 1 fully saturated rings. The normalized spacial score (nSPS) is 18.3. The minimum absolute atomic E-state index is 0.498. The number of rotatable bonds is 5. The Morgan fingerprint density at radius 2 is 2.25 bits per heavy atom. The third-order valence-electron chi connectivity index (χ3n) is 4.43. The van der Waals surface area contributed by atoms with Crippen molar-refractivity contribution in [3.8, 4) is 0 Å². The predicted molar refractivity (Wildman–Crippen MR) is 107 cm³/mol. The van der Waals surface area contributed by atoms with Crippen LogP contribution in [0, 0.1) is 0 Å². The van der Waals surface area contributed by atoms with E-state index in [1.165, 1.54) is 22.5 Å². The van der Waals surface area contributed by atoms with Crippen molar-refractivity contribution in [2.45, 2.75) is 25.2 Å². The summed E-state index contributed by atoms with van der Waals surface area (Å²) in [7, 11) is 4.21. The summed E-state index contributed by atoms with van der Waals surface area (Å²) < 4.78 is 1.29. The maximum atomic E-state index is 5.60. The molecule has 0 amide bonds. The van der Waals surface area contributed by atoms with Crippen molar-refractivity contribution >= 4 is 38.9 Å². The Morgan fingerprint density at radius 3 is 3.04 bits per heavy atom. The van der Waals surface area contributed by atoms with Gasteiger partial charge in [-0.3, -0.25) is 0 Å². The number of likely N-dealkylation sites (tertiary alicyclic amines) is 1. The number of aromatic nitrogens is 1. The molecule has 3 rings (SSSR count). The Kier molecular flexibility index (Phi) is 6.03. The molecule has 2 heterocycles. The zero-order chi connectivity index (χ0) is 16.9. The lowest BCUT2D eigenvalue weighted by Crippen LogP contribution is -2.45. The average molecular weight is 363 g/mol. The first-order valence-electron chi connectivity index (χ1n) is 8.66. The molecule has 1 aliphatic rings. The molecule has 0 unspecified atom stereocenters. The van der Waals surface area contributed by atoms with Gasteiger partial charge in [0, 0.05) is 25.6 Å². The number of benzene rings is 1. The maximum absolute atomic E-state index is 5.60. The van der Waals surface area contributed by atoms with Gasteiger partial charge in [0.25, 0.3) is 0 Å². The molecule has 6 heteroatoms. The largest absolute Gasteiger partial charge is 0.363 e. The number of piperidine rings is 1. The highest BCUT2D eigenvalue weighted by Gasteiger charge is 2.25. The second-order valence-corrected chi connectivity index (χ2v) is 8.14. The fraction of sp³-hybridized carbons (Fsp3) is 0.556. The van der Waals surface area contributed by atoms with Gasteiger partial charge in [0.05, 0.1) is 15.2 Å². The number of fused-ring (bicyclic) bond motifs is 1. The summed E-state index contributed by atoms with van der Waals surface area (Å²) in [6, 6.07) is 8.41. The molecule has 4 nitrogen and oxygen atoms in total. The number of thiocarbonyl (C=S) groups is 1. The predicted octanol–water partition coefficient (Wildman–Crippen LogP) is 3.30. The van der Waals surface area contributed by atoms with Crippen LogP contribution in [0.1, 0.15) is 30.2 Å². The summed E-state index contributed by atoms with van der Waals surface area (Å²) in [6.07, 6.45) is 3.50. The fourth-order valence-corrected chi connectivity index (χ4v) is 4.49. The van der Waals surface area contributed by atoms with Crippen molar-refractivity contribution < 1.29 is 0 Å². The minimum Gasteiger partial charge on any atom is -0.363 e. The van der Waals surface area contributed by atoms with E-state index >= 15 is 0 Å². The molecule has 0 radical (unpaired) electrons. The number of thiazole rings is 1. The molecular formula is C18H26N4S2. The van der Waals surface area contributed by atoms with Crippen LogP contribution in [0.15, 0.2) is 24.3 Å². The van der Waals surface area contributed by atoms with E-state index in [2.05, 4.69) is 53.5 Å². The van der Waals surface area contributed by atoms with Crippen molar-refractivity contribution in [3.05, 3.63) is 29.3 Å². The van der Waals surface area contributed by atoms with E-state index in [1.807, 2.05) is 11.3 Å². The number of hydrogen-bond donors (Lipinski definition) is 1. The standard InChI is InChI=1S/C18H26N4S2/c1-21(2)11-6-10-19-18(23)22-12-5-7-14(13-22)17-20-15-8-3-4-9-16(15)24-17/h3-4,8-9,14H,5-7,10-13H2,1-2H3,(H,19,23)/t14-/m1/s1. The van der Waals surface area contributed by atoms with Crippen LogP contribution in [0.3, 0.4) is 0 Å². The van der Waals surface area contributed by atoms with Crippen molar-refractivity contribution in [2.75, 3.05) is 40.3 Å². The third-order valence-corrected chi connectivity index (χ3v) is 6.03. The second-order valence-electron chi connectivity index (χ2n) is 6.69. The molecule has 130 valence electrons. The summed E-state index contributed by atoms with van der Waals surface area (Å²) in [5.41, 5.74) is 1.12. The monoisotopic (exact) mass is 362 g/mol. The highest BCUT2D eigenvalue weighted by molar-refractivity contribution is 7.80. The van der Waals surface area contributed by atoms with Crippen molar-refractivity contribution in [1.82, 2.24) is 20.1 Å². The Morgan fingerprint density at radius 1 is 1.42 bits per heavy atom. The molecule has 0 spiro atoms. The third kappa shape index (κ3) is 4.43. The van der Waals surface area contributed by atoms with Gasteiger partial charge in [0.15, 0.2) is 5.11 Å². The van der Waals surface area contributed by atoms with Gasteiger partial charge in [-0.15, -0.1) is 11.3 Å². The molecule has 1 saturated heterocycles. The maximum Gasteiger partial charge on any atom is 0.168 e. The zero-order valence-electron chi connectivity index (χ0n) is 14.5. The van der Waals surface area contributed by atoms with Crippen LogP contribution in [-0.2, 0) is 0 Å². The fourth-order valence-electron chi connectivity index (χ4n) is 3.13. The van der Waals surface area contributed by atoms with E-state index in [-0.39, 0.29) is 0 Å². The van der Waals surface area contributed by atoms with Crippen molar-refractivity contribution in [3.63, 3.8) is 0 Å². The van der Waals surface area contributed by atoms with E-state index in [1.54, 1.807) is 0 Å². The van der Waals surface area contributed by atoms with Gasteiger partial charge >= 0.3 is 0 Å². The molecule has 0 bridgehead atoms. The SMILES string of the molecule is CN(C)CCCNC(=S)N1CCC[C@@H](c2nc3ccccc3s2)C1. The van der Waals surface area contributed by atoms with Crippen LogP contribution < -0.4 is 5.32 Å². The van der Waals surface area contributed by atoms with Gasteiger partial charge in [0.2, 0.25) is 0 Å². The lowest BCUT2D eigenvalue weighted by molar-refractivity contribution is 0.304. The Labute approximate surface area is 153 Å². The van der Waals surface area contributed by atoms with Crippen LogP contribution in [-0.4, -0.2) is 60.2 Å². The van der Waals surface area contributed by atoms with Crippen LogP contribution in [0.5, 0.6) is 0 Å². The minimum atomic E-state index is 0.498. The average Bonchev–Trinajstić information content (AvgIpc) is 3.02. The first-order chi connectivity index (χ1) is 11.6. The van der Waals surface area contributed by atoms with Crippen LogP contribution in [0.2, 0.25) is 0 Å². The summed E-state index contributed by atoms with van der Waals surface area (Å²) in [5, 5.41) is 5.58. The summed E-state index contributed by atoms with van der Waals surface area (Å²) in [5.74, 6) is 0.498. The zero-order valence-corrected chi connectivity index (χ0v) is 16.1. The molecule has 24 heavy (non-hydrogen) atoms. The van der Waals surface area contributed by atoms with Gasteiger partial charge in [-0.2, -0.15) is 0 Å². The van der Waals surface area contributed by atoms with Crippen molar-refractivity contribution in [2.24, 2.45) is 0 Å². The Balaban J connectivity index is 1.56. The molecule has 0 aliphatic carbocycles. The van der Waals surface area contributed by atoms with Crippen LogP contribution in [0.4, 0.5) is 0 Å². The smallest absolute Gasteiger partial charge is 0.168 e. The van der Waals surface area contributed by atoms with E-state index in [0.717, 1.165) is 43.2 Å². The van der Waals surface area contributed by atoms with Gasteiger partial charge in [0.1, 0.15) is 0 Å². The first kappa shape index (κ1) is 17.6. The van der Waals surface area contributed by atoms with E-state index in [4.69, 9.17) is 17.2 Å². The topological polar surface area (TPSA) is 31.4 Å². The van der Waals surface area contributed by atoms with Gasteiger partial charge in [-0.25, -0.2) is 4.98 Å². The highest BCUT2D eigenvalue weighted by Crippen LogP contribution is 2.32. The molecule has 2 aromatic rings. The molecule has 1 aliphatic heterocycles. The number of nitrogens with one attached hydrogen (secondary N) is 1. The Bertz CT molecular complexity index is 649. The lowest BCUT2D eigenvalue weighted by atomic mass is 9.99. The van der Waals surface area contributed by atoms with Crippen LogP contribution >= 0.6 is 23.6 Å². The van der Waals surface area contributed by atoms with Crippen molar-refractivity contribution in [1.29, 1.82) is 0 Å². The highest BCUT2D eigenvalue weighted by atomic mass is 32.1. The van der Waals surface area contributed by atoms with Gasteiger partial charge in [-0.1, -0.05) is 12.1 Å². The first-order valence-corrected chi connectivity index (χ1v) is 9.89. The molecule has 1 atom stereocenters. The number of hydrogen-bond acceptors (Lipinski definition) is 4. The van der Waals surface area contributed by atoms with E-state index in [0.29, 0.717) is 5.92 Å². The van der Waals surface area contributed by atoms with E-state index in [9.17, 15) is 0 Å². The van der Waals surface area contributed by atoms with Crippen LogP contribution in [0.25, 0.3) is 10.2 Å².